The highest BCUT2D eigenvalue weighted by atomic mass is 16.5. The van der Waals surface area contributed by atoms with Crippen LogP contribution in [-0.2, 0) is 19.1 Å². The molecule has 70 heavy (non-hydrogen) atoms. The Bertz CT molecular complexity index is 1490. The first-order valence-electron chi connectivity index (χ1n) is 28.5. The summed E-state index contributed by atoms with van der Waals surface area (Å²) >= 11 is 0. The van der Waals surface area contributed by atoms with Crippen LogP contribution in [0.3, 0.4) is 0 Å². The molecule has 0 aliphatic rings. The van der Waals surface area contributed by atoms with E-state index in [-0.39, 0.29) is 47.4 Å². The Kier molecular flexibility index (Phi) is 33.6. The second kappa shape index (κ2) is 36.1. The Hall–Kier alpha value is -2.92. The molecule has 1 aromatic rings. The number of rotatable bonds is 43. The Balaban J connectivity index is 2.76. The fourth-order valence-corrected chi connectivity index (χ4v) is 8.59. The maximum atomic E-state index is 13.6. The predicted octanol–water partition coefficient (Wildman–Crippen LogP) is 13.1. The average Bonchev–Trinajstić information content (AvgIpc) is 3.33. The molecular formula is C59H108BN4O6. The number of amides is 4. The zero-order chi connectivity index (χ0) is 52.5. The molecule has 0 fully saturated rings. The van der Waals surface area contributed by atoms with Crippen LogP contribution in [0.15, 0.2) is 18.2 Å². The molecule has 4 amide bonds. The van der Waals surface area contributed by atoms with Gasteiger partial charge in [-0.25, -0.2) is 0 Å². The first-order valence-corrected chi connectivity index (χ1v) is 28.5. The van der Waals surface area contributed by atoms with Crippen molar-refractivity contribution >= 4 is 36.4 Å². The molecule has 11 heteroatoms. The molecule has 0 bridgehead atoms. The molecule has 1 rings (SSSR count). The van der Waals surface area contributed by atoms with Gasteiger partial charge in [-0.3, -0.25) is 19.2 Å². The normalized spacial score (nSPS) is 13.2. The number of nitrogens with one attached hydrogen (secondary N) is 4. The van der Waals surface area contributed by atoms with Crippen molar-refractivity contribution in [2.24, 2.45) is 22.7 Å². The number of hydrogen-bond acceptors (Lipinski definition) is 6. The van der Waals surface area contributed by atoms with E-state index in [0.717, 1.165) is 56.8 Å². The van der Waals surface area contributed by atoms with Gasteiger partial charge in [-0.1, -0.05) is 208 Å². The molecule has 4 N–H and O–H groups in total. The predicted molar refractivity (Wildman–Crippen MR) is 296 cm³/mol. The third-order valence-electron chi connectivity index (χ3n) is 13.7. The van der Waals surface area contributed by atoms with Gasteiger partial charge in [-0.05, 0) is 59.4 Å². The monoisotopic (exact) mass is 980 g/mol. The summed E-state index contributed by atoms with van der Waals surface area (Å²) in [4.78, 5) is 54.2. The molecule has 0 saturated heterocycles. The maximum absolute atomic E-state index is 13.6. The zero-order valence-electron chi connectivity index (χ0n) is 47.6. The Labute approximate surface area is 431 Å². The summed E-state index contributed by atoms with van der Waals surface area (Å²) in [6, 6.07) is 5.22. The van der Waals surface area contributed by atoms with Crippen LogP contribution in [0.5, 0.6) is 0 Å². The fourth-order valence-electron chi connectivity index (χ4n) is 8.59. The summed E-state index contributed by atoms with van der Waals surface area (Å²) in [5.41, 5.74) is -0.409. The topological polar surface area (TPSA) is 135 Å². The third kappa shape index (κ3) is 30.8. The lowest BCUT2D eigenvalue weighted by atomic mass is 9.72. The van der Waals surface area contributed by atoms with Gasteiger partial charge in [0.2, 0.25) is 11.8 Å². The van der Waals surface area contributed by atoms with Crippen molar-refractivity contribution in [3.8, 4) is 0 Å². The Morgan fingerprint density at radius 1 is 0.443 bits per heavy atom. The van der Waals surface area contributed by atoms with Gasteiger partial charge in [-0.2, -0.15) is 0 Å². The quantitative estimate of drug-likeness (QED) is 0.0380. The number of unbranched alkanes of at least 4 members (excludes halogenated alkanes) is 16. The van der Waals surface area contributed by atoms with Gasteiger partial charge < -0.3 is 30.7 Å². The second-order valence-electron chi connectivity index (χ2n) is 23.6. The van der Waals surface area contributed by atoms with Crippen LogP contribution in [-0.4, -0.2) is 81.5 Å². The second-order valence-corrected chi connectivity index (χ2v) is 23.6. The molecular weight excluding hydrogens is 871 g/mol. The van der Waals surface area contributed by atoms with Gasteiger partial charge in [0, 0.05) is 60.0 Å². The van der Waals surface area contributed by atoms with Gasteiger partial charge in [0.15, 0.2) is 0 Å². The lowest BCUT2D eigenvalue weighted by Crippen LogP contribution is -2.45. The molecule has 2 unspecified atom stereocenters. The van der Waals surface area contributed by atoms with Crippen molar-refractivity contribution in [1.29, 1.82) is 0 Å². The standard InChI is InChI=1S/C59H108BN4O6/c1-14-18-22-26-28-32-36-47(34-30-24-20-16-3)52(65)61-41-56(5,6)45-70-59(11,12)44-64-55(68)50-38-49(39-51(40-50)60-13)54(67)62-42-57(7,8)46-69-58(9,10)43-63-53(66)48(35-31-25-21-17-4)37-33-29-27-23-19-15-2/h38-40,47-48H,14-37,41-46H2,1-13H3,(H,61,65)(H,62,67)(H,63,66)(H,64,68). The van der Waals surface area contributed by atoms with E-state index < -0.39 is 16.6 Å². The van der Waals surface area contributed by atoms with Crippen molar-refractivity contribution in [3.05, 3.63) is 29.3 Å². The van der Waals surface area contributed by atoms with E-state index >= 15 is 0 Å². The van der Waals surface area contributed by atoms with Crippen molar-refractivity contribution in [2.75, 3.05) is 39.4 Å². The van der Waals surface area contributed by atoms with Gasteiger partial charge in [0.1, 0.15) is 7.28 Å². The highest BCUT2D eigenvalue weighted by Crippen LogP contribution is 2.24. The first kappa shape index (κ1) is 65.1. The van der Waals surface area contributed by atoms with E-state index in [1.165, 1.54) is 103 Å². The summed E-state index contributed by atoms with van der Waals surface area (Å²) in [7, 11) is 1.88. The summed E-state index contributed by atoms with van der Waals surface area (Å²) in [5.74, 6) is -0.159. The number of benzene rings is 1. The molecule has 403 valence electrons. The first-order chi connectivity index (χ1) is 33.1. The van der Waals surface area contributed by atoms with E-state index in [4.69, 9.17) is 9.47 Å². The van der Waals surface area contributed by atoms with E-state index in [2.05, 4.69) is 76.7 Å². The Morgan fingerprint density at radius 3 is 1.11 bits per heavy atom. The van der Waals surface area contributed by atoms with Gasteiger partial charge >= 0.3 is 0 Å². The van der Waals surface area contributed by atoms with Crippen LogP contribution >= 0.6 is 0 Å². The van der Waals surface area contributed by atoms with Crippen LogP contribution in [0, 0.1) is 22.7 Å². The van der Waals surface area contributed by atoms with E-state index in [1.54, 1.807) is 18.2 Å². The molecule has 1 radical (unpaired) electrons. The summed E-state index contributed by atoms with van der Waals surface area (Å²) < 4.78 is 12.8. The van der Waals surface area contributed by atoms with Gasteiger partial charge in [0.05, 0.1) is 24.4 Å². The minimum Gasteiger partial charge on any atom is -0.373 e. The van der Waals surface area contributed by atoms with E-state index in [0.29, 0.717) is 44.0 Å². The largest absolute Gasteiger partial charge is 0.373 e. The van der Waals surface area contributed by atoms with Gasteiger partial charge in [0.25, 0.3) is 11.8 Å². The molecule has 0 heterocycles. The number of ether oxygens (including phenoxy) is 2. The number of hydrogen-bond donors (Lipinski definition) is 4. The van der Waals surface area contributed by atoms with E-state index in [9.17, 15) is 19.2 Å². The molecule has 0 spiro atoms. The van der Waals surface area contributed by atoms with Crippen molar-refractivity contribution in [3.63, 3.8) is 0 Å². The van der Waals surface area contributed by atoms with Crippen molar-refractivity contribution in [1.82, 2.24) is 21.3 Å². The highest BCUT2D eigenvalue weighted by molar-refractivity contribution is 6.52. The summed E-state index contributed by atoms with van der Waals surface area (Å²) in [6.45, 7) is 29.4. The summed E-state index contributed by atoms with van der Waals surface area (Å²) in [6.07, 6.45) is 27.8. The van der Waals surface area contributed by atoms with Crippen LogP contribution in [0.1, 0.15) is 258 Å². The van der Waals surface area contributed by atoms with Crippen molar-refractivity contribution < 1.29 is 28.7 Å². The van der Waals surface area contributed by atoms with Crippen molar-refractivity contribution in [2.45, 2.75) is 255 Å². The van der Waals surface area contributed by atoms with Crippen LogP contribution < -0.4 is 26.7 Å². The molecule has 0 aromatic heterocycles. The van der Waals surface area contributed by atoms with Gasteiger partial charge in [-0.15, -0.1) is 0 Å². The third-order valence-corrected chi connectivity index (χ3v) is 13.7. The lowest BCUT2D eigenvalue weighted by molar-refractivity contribution is -0.128. The van der Waals surface area contributed by atoms with Crippen LogP contribution in [0.2, 0.25) is 6.82 Å². The fraction of sp³-hybridized carbons (Fsp3) is 0.831. The molecule has 0 aliphatic carbocycles. The number of carbonyl (C=O) groups excluding carboxylic acids is 4. The SMILES string of the molecule is C[B]c1cc(C(=O)NCC(C)(C)COC(C)(C)CNC(=O)C(CCCCCC)CCCCCCCC)cc(C(=O)NCC(C)(C)OCC(C)(C)CNC(=O)C(CCCCCC)CCCCCCCC)c1. The highest BCUT2D eigenvalue weighted by Gasteiger charge is 2.30. The van der Waals surface area contributed by atoms with Crippen LogP contribution in [0.25, 0.3) is 0 Å². The Morgan fingerprint density at radius 2 is 0.743 bits per heavy atom. The number of carbonyl (C=O) groups is 4. The minimum atomic E-state index is -0.678. The molecule has 2 atom stereocenters. The zero-order valence-corrected chi connectivity index (χ0v) is 47.6. The van der Waals surface area contributed by atoms with Crippen LogP contribution in [0.4, 0.5) is 0 Å². The summed E-state index contributed by atoms with van der Waals surface area (Å²) in [5, 5.41) is 12.6. The minimum absolute atomic E-state index is 0.0411. The lowest BCUT2D eigenvalue weighted by Gasteiger charge is -2.33. The maximum Gasteiger partial charge on any atom is 0.251 e. The smallest absolute Gasteiger partial charge is 0.251 e. The molecule has 0 saturated carbocycles. The molecule has 1 aromatic carbocycles. The molecule has 10 nitrogen and oxygen atoms in total. The average molecular weight is 980 g/mol. The molecule has 0 aliphatic heterocycles. The van der Waals surface area contributed by atoms with E-state index in [1.807, 2.05) is 41.8 Å².